The van der Waals surface area contributed by atoms with Crippen LogP contribution >= 0.6 is 35.3 Å². The molecule has 1 atom stereocenters. The number of nitrogens with zero attached hydrogens (tertiary/aromatic N) is 4. The number of rotatable bonds is 5. The van der Waals surface area contributed by atoms with E-state index in [4.69, 9.17) is 12.2 Å². The van der Waals surface area contributed by atoms with E-state index in [0.717, 1.165) is 22.0 Å². The van der Waals surface area contributed by atoms with Crippen molar-refractivity contribution in [2.45, 2.75) is 16.8 Å². The first-order valence-electron chi connectivity index (χ1n) is 8.40. The molecule has 0 radical (unpaired) electrons. The van der Waals surface area contributed by atoms with Gasteiger partial charge in [-0.15, -0.1) is 5.10 Å². The highest BCUT2D eigenvalue weighted by molar-refractivity contribution is 8.01. The van der Waals surface area contributed by atoms with Gasteiger partial charge in [0.15, 0.2) is 8.29 Å². The minimum Gasteiger partial charge on any atom is -0.272 e. The van der Waals surface area contributed by atoms with Crippen LogP contribution in [0, 0.1) is 3.95 Å². The minimum atomic E-state index is -0.0324. The Morgan fingerprint density at radius 3 is 2.59 bits per heavy atom. The van der Waals surface area contributed by atoms with Crippen LogP contribution < -0.4 is 0 Å². The van der Waals surface area contributed by atoms with Crippen LogP contribution in [0.1, 0.15) is 18.0 Å². The molecule has 4 rings (SSSR count). The van der Waals surface area contributed by atoms with E-state index in [1.807, 2.05) is 60.7 Å². The average molecular weight is 413 g/mol. The third-order valence-electron chi connectivity index (χ3n) is 4.12. The Morgan fingerprint density at radius 2 is 1.85 bits per heavy atom. The number of amides is 1. The van der Waals surface area contributed by atoms with E-state index in [-0.39, 0.29) is 17.7 Å². The summed E-state index contributed by atoms with van der Waals surface area (Å²) in [6.45, 7) is 0. The molecule has 0 saturated carbocycles. The molecule has 0 N–H and O–H groups in total. The van der Waals surface area contributed by atoms with Gasteiger partial charge in [-0.25, -0.2) is 9.69 Å². The minimum absolute atomic E-state index is 0.0284. The van der Waals surface area contributed by atoms with Crippen molar-refractivity contribution in [2.24, 2.45) is 5.10 Å². The first-order valence-corrected chi connectivity index (χ1v) is 10.6. The molecule has 5 nitrogen and oxygen atoms in total. The smallest absolute Gasteiger partial charge is 0.253 e. The highest BCUT2D eigenvalue weighted by Crippen LogP contribution is 2.30. The van der Waals surface area contributed by atoms with Crippen LogP contribution in [0.4, 0.5) is 0 Å². The van der Waals surface area contributed by atoms with Gasteiger partial charge >= 0.3 is 0 Å². The van der Waals surface area contributed by atoms with E-state index in [0.29, 0.717) is 3.95 Å². The maximum atomic E-state index is 12.7. The van der Waals surface area contributed by atoms with E-state index in [1.54, 1.807) is 15.9 Å². The molecule has 0 saturated heterocycles. The van der Waals surface area contributed by atoms with Crippen LogP contribution in [-0.4, -0.2) is 32.7 Å². The predicted molar refractivity (Wildman–Crippen MR) is 112 cm³/mol. The van der Waals surface area contributed by atoms with Crippen molar-refractivity contribution >= 4 is 47.4 Å². The summed E-state index contributed by atoms with van der Waals surface area (Å²) in [5, 5.41) is 10.4. The highest BCUT2D eigenvalue weighted by Gasteiger charge is 2.28. The first kappa shape index (κ1) is 18.1. The Bertz CT molecular complexity index is 1010. The molecule has 1 amide bonds. The normalized spacial score (nSPS) is 16.0. The summed E-state index contributed by atoms with van der Waals surface area (Å²) in [6, 6.07) is 19.7. The van der Waals surface area contributed by atoms with Crippen LogP contribution in [0.25, 0.3) is 5.69 Å². The highest BCUT2D eigenvalue weighted by atomic mass is 32.2. The Hall–Kier alpha value is -2.29. The van der Waals surface area contributed by atoms with Crippen molar-refractivity contribution in [3.05, 3.63) is 70.2 Å². The first-order chi connectivity index (χ1) is 13.2. The van der Waals surface area contributed by atoms with E-state index >= 15 is 0 Å². The van der Waals surface area contributed by atoms with Gasteiger partial charge in [0.1, 0.15) is 0 Å². The zero-order valence-corrected chi connectivity index (χ0v) is 16.7. The van der Waals surface area contributed by atoms with Gasteiger partial charge in [0.2, 0.25) is 0 Å². The lowest BCUT2D eigenvalue weighted by Gasteiger charge is -2.21. The molecule has 0 aliphatic carbocycles. The van der Waals surface area contributed by atoms with E-state index in [2.05, 4.69) is 10.2 Å². The molecule has 2 heterocycles. The Morgan fingerprint density at radius 1 is 1.15 bits per heavy atom. The monoisotopic (exact) mass is 412 g/mol. The van der Waals surface area contributed by atoms with Crippen LogP contribution in [0.2, 0.25) is 0 Å². The topological polar surface area (TPSA) is 50.5 Å². The molecule has 8 heteroatoms. The zero-order chi connectivity index (χ0) is 18.6. The maximum Gasteiger partial charge on any atom is 0.253 e. The molecule has 1 aliphatic rings. The van der Waals surface area contributed by atoms with Crippen LogP contribution in [0.15, 0.2) is 70.1 Å². The van der Waals surface area contributed by atoms with Crippen molar-refractivity contribution in [1.82, 2.24) is 14.8 Å². The standard InChI is InChI=1S/C19H16N4OS3/c24-17(23-16(11-12-20-23)14-7-3-1-4-8-14)13-26-18-21-22(19(25)27-18)15-9-5-2-6-10-15/h1-10,12,16H,11,13H2/t16-/m0/s1. The summed E-state index contributed by atoms with van der Waals surface area (Å²) < 4.78 is 3.17. The predicted octanol–water partition coefficient (Wildman–Crippen LogP) is 4.71. The molecule has 27 heavy (non-hydrogen) atoms. The number of carbonyl (C=O) groups is 1. The fraction of sp³-hybridized carbons (Fsp3) is 0.158. The molecule has 1 aromatic heterocycles. The van der Waals surface area contributed by atoms with Crippen molar-refractivity contribution in [1.29, 1.82) is 0 Å². The van der Waals surface area contributed by atoms with Gasteiger partial charge in [0, 0.05) is 12.6 Å². The molecule has 136 valence electrons. The maximum absolute atomic E-state index is 12.7. The van der Waals surface area contributed by atoms with Crippen molar-refractivity contribution in [3.63, 3.8) is 0 Å². The molecular formula is C19H16N4OS3. The fourth-order valence-corrected chi connectivity index (χ4v) is 5.06. The number of thioether (sulfide) groups is 1. The van der Waals surface area contributed by atoms with E-state index in [1.165, 1.54) is 23.1 Å². The molecule has 0 unspecified atom stereocenters. The number of para-hydroxylation sites is 1. The van der Waals surface area contributed by atoms with E-state index in [9.17, 15) is 4.79 Å². The van der Waals surface area contributed by atoms with Crippen molar-refractivity contribution in [2.75, 3.05) is 5.75 Å². The molecular weight excluding hydrogens is 396 g/mol. The van der Waals surface area contributed by atoms with Gasteiger partial charge in [-0.3, -0.25) is 4.79 Å². The lowest BCUT2D eigenvalue weighted by molar-refractivity contribution is -0.130. The Kier molecular flexibility index (Phi) is 5.47. The van der Waals surface area contributed by atoms with Crippen molar-refractivity contribution < 1.29 is 4.79 Å². The molecule has 0 bridgehead atoms. The summed E-state index contributed by atoms with van der Waals surface area (Å²) >= 11 is 8.22. The second kappa shape index (κ2) is 8.16. The molecule has 3 aromatic rings. The summed E-state index contributed by atoms with van der Waals surface area (Å²) in [7, 11) is 0. The second-order valence-electron chi connectivity index (χ2n) is 5.87. The second-order valence-corrected chi connectivity index (χ2v) is 8.71. The summed E-state index contributed by atoms with van der Waals surface area (Å²) in [4.78, 5) is 12.7. The number of hydrazone groups is 1. The van der Waals surface area contributed by atoms with Crippen molar-refractivity contribution in [3.8, 4) is 5.69 Å². The van der Waals surface area contributed by atoms with E-state index < -0.39 is 0 Å². The molecule has 1 aliphatic heterocycles. The van der Waals surface area contributed by atoms with Gasteiger partial charge in [-0.2, -0.15) is 5.10 Å². The molecule has 2 aromatic carbocycles. The van der Waals surface area contributed by atoms with Gasteiger partial charge in [0.25, 0.3) is 5.91 Å². The van der Waals surface area contributed by atoms with Gasteiger partial charge in [-0.1, -0.05) is 71.6 Å². The lowest BCUT2D eigenvalue weighted by atomic mass is 10.0. The number of carbonyl (C=O) groups excluding carboxylic acids is 1. The number of hydrogen-bond donors (Lipinski definition) is 0. The van der Waals surface area contributed by atoms with Crippen LogP contribution in [-0.2, 0) is 4.79 Å². The summed E-state index contributed by atoms with van der Waals surface area (Å²) in [5.41, 5.74) is 2.02. The van der Waals surface area contributed by atoms with Gasteiger partial charge < -0.3 is 0 Å². The molecule has 0 fully saturated rings. The van der Waals surface area contributed by atoms with Crippen LogP contribution in [0.3, 0.4) is 0 Å². The Labute approximate surface area is 170 Å². The zero-order valence-electron chi connectivity index (χ0n) is 14.3. The average Bonchev–Trinajstić information content (AvgIpc) is 3.34. The third-order valence-corrected chi connectivity index (χ3v) is 6.47. The van der Waals surface area contributed by atoms with Gasteiger partial charge in [-0.05, 0) is 29.9 Å². The fourth-order valence-electron chi connectivity index (χ4n) is 2.85. The lowest BCUT2D eigenvalue weighted by Crippen LogP contribution is -2.28. The largest absolute Gasteiger partial charge is 0.272 e. The SMILES string of the molecule is O=C(CSc1nn(-c2ccccc2)c(=S)s1)N1N=CC[C@H]1c1ccccc1. The van der Waals surface area contributed by atoms with Gasteiger partial charge in [0.05, 0.1) is 17.5 Å². The summed E-state index contributed by atoms with van der Waals surface area (Å²) in [6.07, 6.45) is 2.54. The molecule has 0 spiro atoms. The Balaban J connectivity index is 1.44. The number of benzene rings is 2. The third kappa shape index (κ3) is 4.02. The quantitative estimate of drug-likeness (QED) is 0.450. The van der Waals surface area contributed by atoms with Crippen LogP contribution in [0.5, 0.6) is 0 Å². The number of aromatic nitrogens is 2. The number of hydrogen-bond acceptors (Lipinski definition) is 6. The summed E-state index contributed by atoms with van der Waals surface area (Å²) in [5.74, 6) is 0.243.